The highest BCUT2D eigenvalue weighted by Gasteiger charge is 2.35. The molecule has 1 aromatic rings. The second-order valence-corrected chi connectivity index (χ2v) is 7.05. The van der Waals surface area contributed by atoms with E-state index in [1.54, 1.807) is 0 Å². The maximum atomic E-state index is 8.93. The minimum atomic E-state index is 0.203. The van der Waals surface area contributed by atoms with Crippen molar-refractivity contribution >= 4 is 21.6 Å². The molecule has 19 heavy (non-hydrogen) atoms. The zero-order chi connectivity index (χ0) is 14.0. The van der Waals surface area contributed by atoms with E-state index in [9.17, 15) is 0 Å². The van der Waals surface area contributed by atoms with Gasteiger partial charge in [-0.15, -0.1) is 0 Å². The predicted molar refractivity (Wildman–Crippen MR) is 83.2 cm³/mol. The molecule has 0 amide bonds. The maximum absolute atomic E-state index is 8.93. The quantitative estimate of drug-likeness (QED) is 0.800. The van der Waals surface area contributed by atoms with Gasteiger partial charge in [0.15, 0.2) is 0 Å². The van der Waals surface area contributed by atoms with Crippen LogP contribution in [0, 0.1) is 29.6 Å². The van der Waals surface area contributed by atoms with E-state index in [0.717, 1.165) is 24.0 Å². The van der Waals surface area contributed by atoms with Crippen LogP contribution in [0.25, 0.3) is 0 Å². The molecule has 1 fully saturated rings. The highest BCUT2D eigenvalue weighted by Crippen LogP contribution is 2.39. The number of benzene rings is 1. The molecule has 2 rings (SSSR count). The van der Waals surface area contributed by atoms with Crippen LogP contribution >= 0.6 is 15.9 Å². The zero-order valence-corrected chi connectivity index (χ0v) is 13.5. The molecule has 1 aliphatic rings. The van der Waals surface area contributed by atoms with Crippen LogP contribution in [0.5, 0.6) is 0 Å². The monoisotopic (exact) mass is 320 g/mol. The number of nitrogens with zero attached hydrogens (tertiary/aromatic N) is 2. The smallest absolute Gasteiger partial charge is 0.0624 e. The first-order valence-electron chi connectivity index (χ1n) is 6.82. The normalized spacial score (nSPS) is 22.1. The van der Waals surface area contributed by atoms with Gasteiger partial charge < -0.3 is 4.90 Å². The molecular weight excluding hydrogens is 300 g/mol. The number of aryl methyl sites for hydroxylation is 1. The molecule has 1 heterocycles. The number of hydrogen-bond acceptors (Lipinski definition) is 2. The third-order valence-electron chi connectivity index (χ3n) is 4.30. The van der Waals surface area contributed by atoms with E-state index in [4.69, 9.17) is 5.26 Å². The zero-order valence-electron chi connectivity index (χ0n) is 11.9. The van der Waals surface area contributed by atoms with Crippen LogP contribution in [-0.2, 0) is 0 Å². The van der Waals surface area contributed by atoms with Crippen LogP contribution in [0.3, 0.4) is 0 Å². The molecule has 0 spiro atoms. The van der Waals surface area contributed by atoms with Crippen molar-refractivity contribution in [3.05, 3.63) is 28.2 Å². The Hall–Kier alpha value is -1.01. The predicted octanol–water partition coefficient (Wildman–Crippen LogP) is 4.52. The minimum absolute atomic E-state index is 0.203. The second kappa shape index (κ2) is 5.54. The summed E-state index contributed by atoms with van der Waals surface area (Å²) in [5.41, 5.74) is 2.77. The molecule has 0 aliphatic carbocycles. The van der Waals surface area contributed by atoms with E-state index >= 15 is 0 Å². The topological polar surface area (TPSA) is 27.0 Å². The number of nitriles is 1. The van der Waals surface area contributed by atoms with Gasteiger partial charge in [0.1, 0.15) is 0 Å². The van der Waals surface area contributed by atoms with Crippen molar-refractivity contribution in [3.63, 3.8) is 0 Å². The summed E-state index contributed by atoms with van der Waals surface area (Å²) in [7, 11) is 0. The van der Waals surface area contributed by atoms with Crippen molar-refractivity contribution in [2.75, 3.05) is 18.0 Å². The Morgan fingerprint density at radius 1 is 1.47 bits per heavy atom. The Morgan fingerprint density at radius 2 is 2.21 bits per heavy atom. The van der Waals surface area contributed by atoms with Gasteiger partial charge in [-0.1, -0.05) is 29.8 Å². The van der Waals surface area contributed by atoms with Gasteiger partial charge in [-0.05, 0) is 48.4 Å². The summed E-state index contributed by atoms with van der Waals surface area (Å²) in [5.74, 6) is 0.519. The third-order valence-corrected chi connectivity index (χ3v) is 5.19. The van der Waals surface area contributed by atoms with Gasteiger partial charge in [-0.3, -0.25) is 0 Å². The fraction of sp³-hybridized carbons (Fsp3) is 0.562. The van der Waals surface area contributed by atoms with Gasteiger partial charge >= 0.3 is 0 Å². The van der Waals surface area contributed by atoms with Crippen molar-refractivity contribution in [1.82, 2.24) is 0 Å². The summed E-state index contributed by atoms with van der Waals surface area (Å²) in [6.07, 6.45) is 1.79. The summed E-state index contributed by atoms with van der Waals surface area (Å²) < 4.78 is 1.16. The molecule has 3 heteroatoms. The molecule has 0 bridgehead atoms. The van der Waals surface area contributed by atoms with Crippen molar-refractivity contribution in [2.24, 2.45) is 11.3 Å². The van der Waals surface area contributed by atoms with Gasteiger partial charge in [0.25, 0.3) is 0 Å². The summed E-state index contributed by atoms with van der Waals surface area (Å²) in [6, 6.07) is 8.88. The lowest BCUT2D eigenvalue weighted by atomic mass is 9.72. The van der Waals surface area contributed by atoms with E-state index in [0.29, 0.717) is 12.3 Å². The summed E-state index contributed by atoms with van der Waals surface area (Å²) >= 11 is 3.55. The van der Waals surface area contributed by atoms with E-state index in [1.807, 2.05) is 0 Å². The van der Waals surface area contributed by atoms with Gasteiger partial charge in [0.05, 0.1) is 6.07 Å². The fourth-order valence-electron chi connectivity index (χ4n) is 2.94. The van der Waals surface area contributed by atoms with Crippen molar-refractivity contribution in [1.29, 1.82) is 5.26 Å². The second-order valence-electron chi connectivity index (χ2n) is 6.19. The number of rotatable bonds is 2. The highest BCUT2D eigenvalue weighted by molar-refractivity contribution is 9.10. The number of piperidine rings is 1. The third kappa shape index (κ3) is 3.12. The van der Waals surface area contributed by atoms with E-state index in [2.05, 4.69) is 65.9 Å². The molecular formula is C16H21BrN2. The average molecular weight is 321 g/mol. The molecule has 1 aromatic carbocycles. The molecule has 1 atom stereocenters. The molecule has 1 unspecified atom stereocenters. The fourth-order valence-corrected chi connectivity index (χ4v) is 3.18. The molecule has 102 valence electrons. The summed E-state index contributed by atoms with van der Waals surface area (Å²) in [4.78, 5) is 2.45. The Morgan fingerprint density at radius 3 is 2.79 bits per heavy atom. The number of hydrogen-bond donors (Lipinski definition) is 0. The Labute approximate surface area is 124 Å². The van der Waals surface area contributed by atoms with Crippen LogP contribution in [0.4, 0.5) is 5.69 Å². The first-order valence-corrected chi connectivity index (χ1v) is 7.61. The van der Waals surface area contributed by atoms with Gasteiger partial charge in [-0.25, -0.2) is 0 Å². The molecule has 2 nitrogen and oxygen atoms in total. The van der Waals surface area contributed by atoms with E-state index < -0.39 is 0 Å². The lowest BCUT2D eigenvalue weighted by molar-refractivity contribution is 0.179. The maximum Gasteiger partial charge on any atom is 0.0624 e. The molecule has 0 saturated carbocycles. The van der Waals surface area contributed by atoms with Gasteiger partial charge in [0.2, 0.25) is 0 Å². The van der Waals surface area contributed by atoms with Gasteiger partial charge in [-0.2, -0.15) is 5.26 Å². The summed E-state index contributed by atoms with van der Waals surface area (Å²) in [5, 5.41) is 8.93. The number of halogens is 1. The first-order chi connectivity index (χ1) is 8.94. The molecule has 0 aromatic heterocycles. The summed E-state index contributed by atoms with van der Waals surface area (Å²) in [6.45, 7) is 8.78. The Bertz CT molecular complexity index is 502. The molecule has 0 N–H and O–H groups in total. The highest BCUT2D eigenvalue weighted by atomic mass is 79.9. The first kappa shape index (κ1) is 14.4. The van der Waals surface area contributed by atoms with Crippen molar-refractivity contribution in [2.45, 2.75) is 33.6 Å². The minimum Gasteiger partial charge on any atom is -0.371 e. The van der Waals surface area contributed by atoms with Crippen LogP contribution in [0.2, 0.25) is 0 Å². The Kier molecular flexibility index (Phi) is 4.20. The lowest BCUT2D eigenvalue weighted by Gasteiger charge is -2.44. The SMILES string of the molecule is Cc1cc(N2CCC(CC#N)C(C)(C)C2)ccc1Br. The van der Waals surface area contributed by atoms with Crippen LogP contribution in [0.1, 0.15) is 32.3 Å². The standard InChI is InChI=1S/C16H21BrN2/c1-12-10-14(4-5-15(12)17)19-9-7-13(6-8-18)16(2,3)11-19/h4-5,10,13H,6-7,9,11H2,1-3H3. The molecule has 1 saturated heterocycles. The van der Waals surface area contributed by atoms with E-state index in [1.165, 1.54) is 11.3 Å². The van der Waals surface area contributed by atoms with Gasteiger partial charge in [0, 0.05) is 29.7 Å². The largest absolute Gasteiger partial charge is 0.371 e. The van der Waals surface area contributed by atoms with E-state index in [-0.39, 0.29) is 5.41 Å². The van der Waals surface area contributed by atoms with Crippen molar-refractivity contribution < 1.29 is 0 Å². The lowest BCUT2D eigenvalue weighted by Crippen LogP contribution is -2.45. The Balaban J connectivity index is 2.16. The van der Waals surface area contributed by atoms with Crippen LogP contribution in [-0.4, -0.2) is 13.1 Å². The molecule has 0 radical (unpaired) electrons. The number of anilines is 1. The van der Waals surface area contributed by atoms with Crippen molar-refractivity contribution in [3.8, 4) is 6.07 Å². The average Bonchev–Trinajstić information content (AvgIpc) is 2.35. The van der Waals surface area contributed by atoms with Crippen LogP contribution < -0.4 is 4.90 Å². The molecule has 1 aliphatic heterocycles. The van der Waals surface area contributed by atoms with Crippen LogP contribution in [0.15, 0.2) is 22.7 Å².